The van der Waals surface area contributed by atoms with Crippen LogP contribution in [-0.2, 0) is 4.79 Å². The van der Waals surface area contributed by atoms with Crippen LogP contribution in [0.4, 0.5) is 0 Å². The second-order valence-corrected chi connectivity index (χ2v) is 4.04. The maximum absolute atomic E-state index is 11.2. The SMILES string of the molecule is Cc1ccccc1C(C)NC(=O)CI. The van der Waals surface area contributed by atoms with Gasteiger partial charge in [0.15, 0.2) is 0 Å². The minimum absolute atomic E-state index is 0.0846. The summed E-state index contributed by atoms with van der Waals surface area (Å²) < 4.78 is 0.508. The first-order valence-corrected chi connectivity index (χ1v) is 6.08. The summed E-state index contributed by atoms with van der Waals surface area (Å²) in [5, 5.41) is 2.94. The molecule has 1 atom stereocenters. The lowest BCUT2D eigenvalue weighted by atomic mass is 10.0. The summed E-state index contributed by atoms with van der Waals surface area (Å²) in [5.74, 6) is 0.0846. The van der Waals surface area contributed by atoms with Gasteiger partial charge in [-0.15, -0.1) is 0 Å². The number of hydrogen-bond donors (Lipinski definition) is 1. The van der Waals surface area contributed by atoms with Crippen LogP contribution in [-0.4, -0.2) is 10.3 Å². The molecule has 0 aliphatic carbocycles. The van der Waals surface area contributed by atoms with E-state index < -0.39 is 0 Å². The third-order valence-corrected chi connectivity index (χ3v) is 2.85. The van der Waals surface area contributed by atoms with Crippen LogP contribution in [0.15, 0.2) is 24.3 Å². The van der Waals surface area contributed by atoms with Gasteiger partial charge in [-0.25, -0.2) is 0 Å². The van der Waals surface area contributed by atoms with Crippen molar-refractivity contribution in [2.45, 2.75) is 19.9 Å². The Morgan fingerprint density at radius 3 is 2.71 bits per heavy atom. The molecule has 0 fully saturated rings. The first kappa shape index (κ1) is 11.5. The molecule has 0 saturated heterocycles. The van der Waals surface area contributed by atoms with Gasteiger partial charge in [0.25, 0.3) is 0 Å². The van der Waals surface area contributed by atoms with Crippen molar-refractivity contribution in [2.75, 3.05) is 4.43 Å². The Morgan fingerprint density at radius 2 is 2.14 bits per heavy atom. The molecular weight excluding hydrogens is 289 g/mol. The number of nitrogens with one attached hydrogen (secondary N) is 1. The van der Waals surface area contributed by atoms with Crippen LogP contribution in [0.25, 0.3) is 0 Å². The molecule has 0 radical (unpaired) electrons. The van der Waals surface area contributed by atoms with E-state index in [0.29, 0.717) is 4.43 Å². The molecule has 1 amide bonds. The third-order valence-electron chi connectivity index (χ3n) is 2.15. The molecular formula is C11H14INO. The van der Waals surface area contributed by atoms with E-state index in [4.69, 9.17) is 0 Å². The average molecular weight is 303 g/mol. The van der Waals surface area contributed by atoms with Crippen LogP contribution in [0, 0.1) is 6.92 Å². The number of aryl methyl sites for hydroxylation is 1. The van der Waals surface area contributed by atoms with Crippen LogP contribution in [0.1, 0.15) is 24.1 Å². The maximum atomic E-state index is 11.2. The fourth-order valence-electron chi connectivity index (χ4n) is 1.43. The van der Waals surface area contributed by atoms with Crippen LogP contribution in [0.5, 0.6) is 0 Å². The molecule has 1 unspecified atom stereocenters. The minimum atomic E-state index is 0.0846. The summed E-state index contributed by atoms with van der Waals surface area (Å²) in [6, 6.07) is 8.20. The molecule has 1 rings (SSSR count). The lowest BCUT2D eigenvalue weighted by Crippen LogP contribution is -2.27. The van der Waals surface area contributed by atoms with Gasteiger partial charge in [-0.1, -0.05) is 46.9 Å². The summed E-state index contributed by atoms with van der Waals surface area (Å²) in [6.07, 6.45) is 0. The van der Waals surface area contributed by atoms with E-state index in [-0.39, 0.29) is 11.9 Å². The van der Waals surface area contributed by atoms with Crippen molar-refractivity contribution < 1.29 is 4.79 Å². The Kier molecular flexibility index (Phi) is 4.38. The van der Waals surface area contributed by atoms with Crippen molar-refractivity contribution in [3.8, 4) is 0 Å². The number of carbonyl (C=O) groups excluding carboxylic acids is 1. The normalized spacial score (nSPS) is 12.2. The van der Waals surface area contributed by atoms with Gasteiger partial charge >= 0.3 is 0 Å². The smallest absolute Gasteiger partial charge is 0.230 e. The molecule has 1 N–H and O–H groups in total. The Bertz CT molecular complexity index is 325. The van der Waals surface area contributed by atoms with Gasteiger partial charge < -0.3 is 5.32 Å². The summed E-state index contributed by atoms with van der Waals surface area (Å²) in [6.45, 7) is 4.06. The fraction of sp³-hybridized carbons (Fsp3) is 0.364. The van der Waals surface area contributed by atoms with Crippen LogP contribution >= 0.6 is 22.6 Å². The predicted molar refractivity (Wildman–Crippen MR) is 66.6 cm³/mol. The summed E-state index contributed by atoms with van der Waals surface area (Å²) in [4.78, 5) is 11.2. The first-order valence-electron chi connectivity index (χ1n) is 4.56. The molecule has 0 aromatic heterocycles. The standard InChI is InChI=1S/C11H14INO/c1-8-5-3-4-6-10(8)9(2)13-11(14)7-12/h3-6,9H,7H2,1-2H3,(H,13,14). The van der Waals surface area contributed by atoms with E-state index >= 15 is 0 Å². The highest BCUT2D eigenvalue weighted by atomic mass is 127. The molecule has 1 aromatic rings. The fourth-order valence-corrected chi connectivity index (χ4v) is 1.65. The number of halogens is 1. The first-order chi connectivity index (χ1) is 6.65. The maximum Gasteiger partial charge on any atom is 0.230 e. The molecule has 14 heavy (non-hydrogen) atoms. The number of benzene rings is 1. The molecule has 0 bridgehead atoms. The Hall–Kier alpha value is -0.580. The van der Waals surface area contributed by atoms with E-state index in [0.717, 1.165) is 0 Å². The zero-order valence-electron chi connectivity index (χ0n) is 8.38. The van der Waals surface area contributed by atoms with Crippen molar-refractivity contribution in [3.05, 3.63) is 35.4 Å². The largest absolute Gasteiger partial charge is 0.349 e. The van der Waals surface area contributed by atoms with Crippen molar-refractivity contribution in [2.24, 2.45) is 0 Å². The molecule has 76 valence electrons. The van der Waals surface area contributed by atoms with Gasteiger partial charge in [-0.05, 0) is 25.0 Å². The van der Waals surface area contributed by atoms with E-state index in [9.17, 15) is 4.79 Å². The van der Waals surface area contributed by atoms with Crippen LogP contribution in [0.2, 0.25) is 0 Å². The van der Waals surface area contributed by atoms with Gasteiger partial charge in [-0.3, -0.25) is 4.79 Å². The number of amides is 1. The van der Waals surface area contributed by atoms with Crippen molar-refractivity contribution >= 4 is 28.5 Å². The lowest BCUT2D eigenvalue weighted by Gasteiger charge is -2.15. The highest BCUT2D eigenvalue weighted by Gasteiger charge is 2.09. The van der Waals surface area contributed by atoms with Crippen LogP contribution in [0.3, 0.4) is 0 Å². The average Bonchev–Trinajstić information content (AvgIpc) is 2.18. The quantitative estimate of drug-likeness (QED) is 0.675. The topological polar surface area (TPSA) is 29.1 Å². The molecule has 0 aliphatic rings. The van der Waals surface area contributed by atoms with Crippen molar-refractivity contribution in [3.63, 3.8) is 0 Å². The zero-order valence-corrected chi connectivity index (χ0v) is 10.5. The second-order valence-electron chi connectivity index (χ2n) is 3.28. The number of rotatable bonds is 3. The molecule has 1 aromatic carbocycles. The highest BCUT2D eigenvalue weighted by Crippen LogP contribution is 2.16. The molecule has 0 spiro atoms. The minimum Gasteiger partial charge on any atom is -0.349 e. The number of hydrogen-bond acceptors (Lipinski definition) is 1. The highest BCUT2D eigenvalue weighted by molar-refractivity contribution is 14.1. The molecule has 0 heterocycles. The Balaban J connectivity index is 2.74. The summed E-state index contributed by atoms with van der Waals surface area (Å²) in [5.41, 5.74) is 2.40. The monoisotopic (exact) mass is 303 g/mol. The van der Waals surface area contributed by atoms with E-state index in [1.54, 1.807) is 0 Å². The zero-order chi connectivity index (χ0) is 10.6. The Morgan fingerprint density at radius 1 is 1.50 bits per heavy atom. The van der Waals surface area contributed by atoms with Crippen molar-refractivity contribution in [1.82, 2.24) is 5.32 Å². The molecule has 3 heteroatoms. The number of alkyl halides is 1. The lowest BCUT2D eigenvalue weighted by molar-refractivity contribution is -0.118. The van der Waals surface area contributed by atoms with E-state index in [2.05, 4.69) is 40.9 Å². The Labute approximate surface area is 98.2 Å². The van der Waals surface area contributed by atoms with Gasteiger partial charge in [0.05, 0.1) is 10.5 Å². The predicted octanol–water partition coefficient (Wildman–Crippen LogP) is 2.61. The van der Waals surface area contributed by atoms with Gasteiger partial charge in [0, 0.05) is 0 Å². The van der Waals surface area contributed by atoms with E-state index in [1.807, 2.05) is 25.1 Å². The van der Waals surface area contributed by atoms with Gasteiger partial charge in [0.2, 0.25) is 5.91 Å². The summed E-state index contributed by atoms with van der Waals surface area (Å²) in [7, 11) is 0. The molecule has 0 aliphatic heterocycles. The number of carbonyl (C=O) groups is 1. The summed E-state index contributed by atoms with van der Waals surface area (Å²) >= 11 is 2.06. The third kappa shape index (κ3) is 2.97. The molecule has 2 nitrogen and oxygen atoms in total. The second kappa shape index (κ2) is 5.34. The van der Waals surface area contributed by atoms with Crippen molar-refractivity contribution in [1.29, 1.82) is 0 Å². The molecule has 0 saturated carbocycles. The van der Waals surface area contributed by atoms with E-state index in [1.165, 1.54) is 11.1 Å². The van der Waals surface area contributed by atoms with Gasteiger partial charge in [0.1, 0.15) is 0 Å². The van der Waals surface area contributed by atoms with Gasteiger partial charge in [-0.2, -0.15) is 0 Å². The van der Waals surface area contributed by atoms with Crippen LogP contribution < -0.4 is 5.32 Å².